The number of nitrogens with zero attached hydrogens (tertiary/aromatic N) is 2. The molecule has 7 heteroatoms. The van der Waals surface area contributed by atoms with Crippen molar-refractivity contribution in [1.29, 1.82) is 0 Å². The summed E-state index contributed by atoms with van der Waals surface area (Å²) in [5, 5.41) is 17.1. The topological polar surface area (TPSA) is 84.2 Å². The second-order valence-corrected chi connectivity index (χ2v) is 8.91. The van der Waals surface area contributed by atoms with Crippen molar-refractivity contribution in [2.75, 3.05) is 5.32 Å². The Bertz CT molecular complexity index is 897. The molecule has 1 aromatic heterocycles. The SMILES string of the molecule is CC1CCC(C(=O)C(C)(C)Nc2nn(CCc3ccc(F)cc3)cc2C(=O)O)CC1. The molecule has 1 aliphatic carbocycles. The molecule has 0 atom stereocenters. The molecule has 1 heterocycles. The first kappa shape index (κ1) is 22.0. The van der Waals surface area contributed by atoms with Gasteiger partial charge in [0.1, 0.15) is 11.4 Å². The van der Waals surface area contributed by atoms with E-state index in [-0.39, 0.29) is 28.9 Å². The highest BCUT2D eigenvalue weighted by atomic mass is 19.1. The standard InChI is InChI=1S/C23H30FN3O3/c1-15-4-8-17(9-5-15)20(28)23(2,3)25-21-19(22(29)30)14-27(26-21)13-12-16-6-10-18(24)11-7-16/h6-7,10-11,14-15,17H,4-5,8-9,12-13H2,1-3H3,(H,25,26)(H,29,30). The fourth-order valence-electron chi connectivity index (χ4n) is 4.07. The number of Topliss-reactive ketones (excluding diaryl/α,β-unsaturated/α-hetero) is 1. The number of rotatable bonds is 8. The van der Waals surface area contributed by atoms with Crippen LogP contribution in [0.4, 0.5) is 10.2 Å². The van der Waals surface area contributed by atoms with Gasteiger partial charge in [0.25, 0.3) is 0 Å². The maximum atomic E-state index is 13.1. The van der Waals surface area contributed by atoms with Gasteiger partial charge in [0.2, 0.25) is 0 Å². The van der Waals surface area contributed by atoms with Gasteiger partial charge in [-0.2, -0.15) is 5.10 Å². The molecule has 1 aromatic carbocycles. The van der Waals surface area contributed by atoms with E-state index in [0.717, 1.165) is 31.2 Å². The minimum absolute atomic E-state index is 0.00228. The Hall–Kier alpha value is -2.70. The van der Waals surface area contributed by atoms with Gasteiger partial charge in [0, 0.05) is 18.7 Å². The third kappa shape index (κ3) is 5.26. The van der Waals surface area contributed by atoms with Crippen LogP contribution in [-0.2, 0) is 17.8 Å². The van der Waals surface area contributed by atoms with E-state index >= 15 is 0 Å². The first-order valence-electron chi connectivity index (χ1n) is 10.5. The fraction of sp³-hybridized carbons (Fsp3) is 0.522. The van der Waals surface area contributed by atoms with Gasteiger partial charge < -0.3 is 10.4 Å². The maximum absolute atomic E-state index is 13.1. The van der Waals surface area contributed by atoms with Crippen molar-refractivity contribution >= 4 is 17.6 Å². The Morgan fingerprint density at radius 3 is 2.43 bits per heavy atom. The Kier molecular flexibility index (Phi) is 6.58. The zero-order valence-electron chi connectivity index (χ0n) is 17.8. The average molecular weight is 416 g/mol. The molecule has 2 aromatic rings. The van der Waals surface area contributed by atoms with Crippen LogP contribution in [0.25, 0.3) is 0 Å². The number of carboxylic acids is 1. The molecule has 0 aliphatic heterocycles. The second-order valence-electron chi connectivity index (χ2n) is 8.91. The van der Waals surface area contributed by atoms with Crippen molar-refractivity contribution in [3.8, 4) is 0 Å². The molecule has 1 fully saturated rings. The summed E-state index contributed by atoms with van der Waals surface area (Å²) in [6, 6.07) is 6.19. The molecule has 1 aliphatic rings. The second kappa shape index (κ2) is 8.98. The van der Waals surface area contributed by atoms with Crippen LogP contribution < -0.4 is 5.32 Å². The van der Waals surface area contributed by atoms with Gasteiger partial charge in [-0.05, 0) is 56.7 Å². The van der Waals surface area contributed by atoms with Gasteiger partial charge in [0.15, 0.2) is 11.6 Å². The monoisotopic (exact) mass is 415 g/mol. The third-order valence-corrected chi connectivity index (χ3v) is 5.97. The van der Waals surface area contributed by atoms with E-state index in [1.807, 2.05) is 0 Å². The Morgan fingerprint density at radius 1 is 1.20 bits per heavy atom. The molecule has 0 spiro atoms. The van der Waals surface area contributed by atoms with E-state index in [0.29, 0.717) is 18.9 Å². The summed E-state index contributed by atoms with van der Waals surface area (Å²) < 4.78 is 14.6. The van der Waals surface area contributed by atoms with E-state index in [4.69, 9.17) is 0 Å². The van der Waals surface area contributed by atoms with Crippen molar-refractivity contribution in [3.63, 3.8) is 0 Å². The van der Waals surface area contributed by atoms with E-state index in [1.165, 1.54) is 18.3 Å². The number of carbonyl (C=O) groups excluding carboxylic acids is 1. The summed E-state index contributed by atoms with van der Waals surface area (Å²) in [6.07, 6.45) is 5.90. The summed E-state index contributed by atoms with van der Waals surface area (Å²) >= 11 is 0. The minimum Gasteiger partial charge on any atom is -0.477 e. The number of halogens is 1. The first-order chi connectivity index (χ1) is 14.2. The smallest absolute Gasteiger partial charge is 0.341 e. The predicted molar refractivity (Wildman–Crippen MR) is 113 cm³/mol. The first-order valence-corrected chi connectivity index (χ1v) is 10.5. The predicted octanol–water partition coefficient (Wildman–Crippen LogP) is 4.55. The quantitative estimate of drug-likeness (QED) is 0.661. The number of benzene rings is 1. The molecule has 3 rings (SSSR count). The van der Waals surface area contributed by atoms with Gasteiger partial charge >= 0.3 is 5.97 Å². The van der Waals surface area contributed by atoms with Gasteiger partial charge in [0.05, 0.1) is 5.54 Å². The molecule has 0 bridgehead atoms. The van der Waals surface area contributed by atoms with Crippen molar-refractivity contribution in [1.82, 2.24) is 9.78 Å². The van der Waals surface area contributed by atoms with Crippen LogP contribution in [0.15, 0.2) is 30.5 Å². The third-order valence-electron chi connectivity index (χ3n) is 5.97. The van der Waals surface area contributed by atoms with Crippen molar-refractivity contribution < 1.29 is 19.1 Å². The van der Waals surface area contributed by atoms with Crippen LogP contribution in [0, 0.1) is 17.7 Å². The summed E-state index contributed by atoms with van der Waals surface area (Å²) in [5.74, 6) is -0.439. The molecule has 30 heavy (non-hydrogen) atoms. The summed E-state index contributed by atoms with van der Waals surface area (Å²) in [4.78, 5) is 24.8. The van der Waals surface area contributed by atoms with E-state index < -0.39 is 11.5 Å². The number of hydrogen-bond donors (Lipinski definition) is 2. The van der Waals surface area contributed by atoms with E-state index in [2.05, 4.69) is 17.3 Å². The largest absolute Gasteiger partial charge is 0.477 e. The van der Waals surface area contributed by atoms with Gasteiger partial charge in [-0.25, -0.2) is 9.18 Å². The van der Waals surface area contributed by atoms with Gasteiger partial charge in [-0.15, -0.1) is 0 Å². The number of aromatic nitrogens is 2. The highest BCUT2D eigenvalue weighted by Crippen LogP contribution is 2.32. The lowest BCUT2D eigenvalue weighted by Crippen LogP contribution is -2.45. The van der Waals surface area contributed by atoms with Crippen molar-refractivity contribution in [2.24, 2.45) is 11.8 Å². The van der Waals surface area contributed by atoms with Gasteiger partial charge in [-0.1, -0.05) is 31.9 Å². The molecule has 0 radical (unpaired) electrons. The molecule has 2 N–H and O–H groups in total. The molecule has 1 saturated carbocycles. The molecule has 0 unspecified atom stereocenters. The number of aryl methyl sites for hydroxylation is 2. The lowest BCUT2D eigenvalue weighted by Gasteiger charge is -2.33. The minimum atomic E-state index is -1.10. The molecular formula is C23H30FN3O3. The van der Waals surface area contributed by atoms with E-state index in [1.54, 1.807) is 30.7 Å². The number of hydrogen-bond acceptors (Lipinski definition) is 4. The Labute approximate surface area is 176 Å². The van der Waals surface area contributed by atoms with Crippen molar-refractivity contribution in [3.05, 3.63) is 47.4 Å². The summed E-state index contributed by atoms with van der Waals surface area (Å²) in [5.41, 5.74) is 0.0542. The molecule has 0 saturated heterocycles. The van der Waals surface area contributed by atoms with Crippen LogP contribution in [0.5, 0.6) is 0 Å². The highest BCUT2D eigenvalue weighted by molar-refractivity contribution is 5.96. The highest BCUT2D eigenvalue weighted by Gasteiger charge is 2.36. The lowest BCUT2D eigenvalue weighted by molar-refractivity contribution is -0.127. The number of carboxylic acid groups (broad SMARTS) is 1. The van der Waals surface area contributed by atoms with Crippen LogP contribution in [-0.4, -0.2) is 32.2 Å². The maximum Gasteiger partial charge on any atom is 0.341 e. The average Bonchev–Trinajstić information content (AvgIpc) is 3.10. The molecule has 6 nitrogen and oxygen atoms in total. The number of ketones is 1. The Morgan fingerprint density at radius 2 is 1.83 bits per heavy atom. The van der Waals surface area contributed by atoms with E-state index in [9.17, 15) is 19.1 Å². The van der Waals surface area contributed by atoms with Crippen LogP contribution in [0.3, 0.4) is 0 Å². The molecule has 0 amide bonds. The van der Waals surface area contributed by atoms with Crippen LogP contribution in [0.1, 0.15) is 62.4 Å². The van der Waals surface area contributed by atoms with Crippen molar-refractivity contribution in [2.45, 2.75) is 65.0 Å². The fourth-order valence-corrected chi connectivity index (χ4v) is 4.07. The Balaban J connectivity index is 1.71. The number of aromatic carboxylic acids is 1. The lowest BCUT2D eigenvalue weighted by atomic mass is 9.76. The van der Waals surface area contributed by atoms with Crippen LogP contribution in [0.2, 0.25) is 0 Å². The molecular weight excluding hydrogens is 385 g/mol. The normalized spacial score (nSPS) is 19.5. The molecule has 162 valence electrons. The number of nitrogens with one attached hydrogen (secondary N) is 1. The van der Waals surface area contributed by atoms with Gasteiger partial charge in [-0.3, -0.25) is 9.48 Å². The van der Waals surface area contributed by atoms with Crippen LogP contribution >= 0.6 is 0 Å². The zero-order valence-corrected chi connectivity index (χ0v) is 17.8. The summed E-state index contributed by atoms with van der Waals surface area (Å²) in [6.45, 7) is 6.23. The summed E-state index contributed by atoms with van der Waals surface area (Å²) in [7, 11) is 0. The number of anilines is 1. The number of carbonyl (C=O) groups is 2. The zero-order chi connectivity index (χ0) is 21.9.